The number of thioether (sulfide) groups is 1. The third-order valence-corrected chi connectivity index (χ3v) is 8.32. The second kappa shape index (κ2) is 13.3. The molecule has 35 heavy (non-hydrogen) atoms. The molecule has 3 heterocycles. The minimum atomic E-state index is -0.637. The lowest BCUT2D eigenvalue weighted by molar-refractivity contribution is -0.146. The first kappa shape index (κ1) is 27.5. The van der Waals surface area contributed by atoms with Crippen molar-refractivity contribution in [3.63, 3.8) is 0 Å². The molecule has 0 bridgehead atoms. The predicted octanol–water partition coefficient (Wildman–Crippen LogP) is 2.09. The number of carbonyl (C=O) groups is 3. The fourth-order valence-corrected chi connectivity index (χ4v) is 6.13. The van der Waals surface area contributed by atoms with E-state index in [1.807, 2.05) is 11.2 Å². The van der Waals surface area contributed by atoms with E-state index in [1.165, 1.54) is 7.11 Å². The van der Waals surface area contributed by atoms with Crippen molar-refractivity contribution in [2.75, 3.05) is 38.8 Å². The van der Waals surface area contributed by atoms with Crippen molar-refractivity contribution in [1.29, 1.82) is 0 Å². The molecule has 0 saturated carbocycles. The highest BCUT2D eigenvalue weighted by molar-refractivity contribution is 7.98. The van der Waals surface area contributed by atoms with E-state index in [9.17, 15) is 14.4 Å². The van der Waals surface area contributed by atoms with Crippen molar-refractivity contribution in [3.05, 3.63) is 18.2 Å². The summed E-state index contributed by atoms with van der Waals surface area (Å²) >= 11 is 1.64. The second-order valence-corrected chi connectivity index (χ2v) is 10.6. The zero-order valence-corrected chi connectivity index (χ0v) is 22.3. The number of nitrogens with one attached hydrogen (secondary N) is 2. The van der Waals surface area contributed by atoms with Gasteiger partial charge in [-0.2, -0.15) is 11.8 Å². The molecule has 1 aromatic heterocycles. The van der Waals surface area contributed by atoms with Crippen molar-refractivity contribution in [3.8, 4) is 0 Å². The first-order valence-corrected chi connectivity index (χ1v) is 14.2. The minimum Gasteiger partial charge on any atom is -0.467 e. The third-order valence-electron chi connectivity index (χ3n) is 7.67. The van der Waals surface area contributed by atoms with E-state index >= 15 is 0 Å². The zero-order valence-electron chi connectivity index (χ0n) is 21.5. The zero-order chi connectivity index (χ0) is 25.4. The molecule has 9 nitrogen and oxygen atoms in total. The maximum Gasteiger partial charge on any atom is 0.328 e. The minimum absolute atomic E-state index is 0.0743. The van der Waals surface area contributed by atoms with Gasteiger partial charge in [0.05, 0.1) is 31.6 Å². The third kappa shape index (κ3) is 6.78. The topological polar surface area (TPSA) is 108 Å². The van der Waals surface area contributed by atoms with Crippen molar-refractivity contribution >= 4 is 29.5 Å². The van der Waals surface area contributed by atoms with Crippen molar-refractivity contribution in [1.82, 2.24) is 25.1 Å². The Morgan fingerprint density at radius 1 is 1.23 bits per heavy atom. The number of amides is 2. The number of ether oxygens (including phenoxy) is 1. The number of esters is 1. The van der Waals surface area contributed by atoms with E-state index in [4.69, 9.17) is 4.74 Å². The number of aromatic amines is 1. The molecular formula is C25H41N5O4S. The number of rotatable bonds is 12. The summed E-state index contributed by atoms with van der Waals surface area (Å²) in [6, 6.07) is -0.866. The van der Waals surface area contributed by atoms with Gasteiger partial charge in [0.15, 0.2) is 0 Å². The van der Waals surface area contributed by atoms with Crippen LogP contribution in [0.4, 0.5) is 0 Å². The van der Waals surface area contributed by atoms with Gasteiger partial charge in [-0.1, -0.05) is 26.7 Å². The average molecular weight is 508 g/mol. The van der Waals surface area contributed by atoms with Gasteiger partial charge in [0.2, 0.25) is 11.8 Å². The Morgan fingerprint density at radius 2 is 1.97 bits per heavy atom. The number of imidazole rings is 1. The van der Waals surface area contributed by atoms with Crippen LogP contribution in [-0.2, 0) is 25.5 Å². The molecule has 2 saturated heterocycles. The molecule has 2 fully saturated rings. The predicted molar refractivity (Wildman–Crippen MR) is 137 cm³/mol. The van der Waals surface area contributed by atoms with E-state index in [1.54, 1.807) is 24.3 Å². The summed E-state index contributed by atoms with van der Waals surface area (Å²) in [7, 11) is 1.36. The molecule has 2 N–H and O–H groups in total. The lowest BCUT2D eigenvalue weighted by Crippen LogP contribution is -2.54. The largest absolute Gasteiger partial charge is 0.467 e. The van der Waals surface area contributed by atoms with Crippen LogP contribution in [0.2, 0.25) is 0 Å². The molecule has 2 aliphatic heterocycles. The second-order valence-electron chi connectivity index (χ2n) is 9.61. The summed E-state index contributed by atoms with van der Waals surface area (Å²) in [6.45, 7) is 6.53. The van der Waals surface area contributed by atoms with Gasteiger partial charge in [-0.3, -0.25) is 14.5 Å². The summed E-state index contributed by atoms with van der Waals surface area (Å²) < 4.78 is 4.94. The van der Waals surface area contributed by atoms with Gasteiger partial charge in [-0.15, -0.1) is 0 Å². The molecule has 0 aliphatic carbocycles. The Balaban J connectivity index is 1.73. The molecule has 0 aromatic carbocycles. The van der Waals surface area contributed by atoms with Gasteiger partial charge in [0.1, 0.15) is 6.04 Å². The Kier molecular flexibility index (Phi) is 10.5. The van der Waals surface area contributed by atoms with Crippen LogP contribution in [0.5, 0.6) is 0 Å². The number of hydrogen-bond acceptors (Lipinski definition) is 7. The molecule has 0 spiro atoms. The number of carbonyl (C=O) groups excluding carboxylic acids is 3. The van der Waals surface area contributed by atoms with Crippen molar-refractivity contribution in [2.45, 2.75) is 70.5 Å². The Labute approximate surface area is 213 Å². The summed E-state index contributed by atoms with van der Waals surface area (Å²) in [5.41, 5.74) is 0.747. The Hall–Kier alpha value is -2.07. The first-order valence-electron chi connectivity index (χ1n) is 12.8. The molecule has 196 valence electrons. The van der Waals surface area contributed by atoms with Crippen LogP contribution >= 0.6 is 11.8 Å². The van der Waals surface area contributed by atoms with Crippen LogP contribution < -0.4 is 5.32 Å². The van der Waals surface area contributed by atoms with Gasteiger partial charge >= 0.3 is 5.97 Å². The van der Waals surface area contributed by atoms with Crippen LogP contribution in [0.25, 0.3) is 0 Å². The van der Waals surface area contributed by atoms with Crippen LogP contribution in [0.15, 0.2) is 12.5 Å². The van der Waals surface area contributed by atoms with Gasteiger partial charge in [0.25, 0.3) is 0 Å². The Morgan fingerprint density at radius 3 is 2.60 bits per heavy atom. The van der Waals surface area contributed by atoms with Gasteiger partial charge < -0.3 is 19.9 Å². The average Bonchev–Trinajstić information content (AvgIpc) is 3.61. The Bertz CT molecular complexity index is 836. The molecule has 2 unspecified atom stereocenters. The quantitative estimate of drug-likeness (QED) is 0.417. The molecule has 0 radical (unpaired) electrons. The maximum atomic E-state index is 13.5. The van der Waals surface area contributed by atoms with Crippen LogP contribution in [0.3, 0.4) is 0 Å². The van der Waals surface area contributed by atoms with E-state index in [-0.39, 0.29) is 36.2 Å². The summed E-state index contributed by atoms with van der Waals surface area (Å²) in [4.78, 5) is 50.4. The standard InChI is InChI=1S/C25H41N5O4S/c1-5-17-8-11-30(22(31)13-19-14-26-16-27-19)21(17)15-29-10-7-18(6-2)23(29)24(32)28-20(9-12-35-4)25(33)34-3/h14,16-18,20-21,23H,5-13,15H2,1-4H3,(H,26,27)(H,28,32)/t17-,18-,20?,21+,23?/m0/s1. The van der Waals surface area contributed by atoms with E-state index in [2.05, 4.69) is 34.0 Å². The number of likely N-dealkylation sites (tertiary alicyclic amines) is 2. The highest BCUT2D eigenvalue weighted by atomic mass is 32.2. The first-order chi connectivity index (χ1) is 16.9. The normalized spacial score (nSPS) is 25.5. The molecule has 3 rings (SSSR count). The van der Waals surface area contributed by atoms with Gasteiger partial charge in [0, 0.05) is 25.3 Å². The molecule has 1 aromatic rings. The van der Waals surface area contributed by atoms with Crippen LogP contribution in [-0.4, -0.2) is 94.4 Å². The highest BCUT2D eigenvalue weighted by Crippen LogP contribution is 2.33. The van der Waals surface area contributed by atoms with Crippen LogP contribution in [0.1, 0.15) is 51.6 Å². The molecule has 10 heteroatoms. The van der Waals surface area contributed by atoms with E-state index < -0.39 is 12.0 Å². The van der Waals surface area contributed by atoms with Crippen LogP contribution in [0, 0.1) is 11.8 Å². The van der Waals surface area contributed by atoms with Crippen molar-refractivity contribution < 1.29 is 19.1 Å². The fourth-order valence-electron chi connectivity index (χ4n) is 5.66. The fraction of sp³-hybridized carbons (Fsp3) is 0.760. The summed E-state index contributed by atoms with van der Waals surface area (Å²) in [5, 5.41) is 2.99. The molecule has 2 aliphatic rings. The molecule has 2 amide bonds. The number of aromatic nitrogens is 2. The summed E-state index contributed by atoms with van der Waals surface area (Å²) in [6.07, 6.45) is 9.98. The number of nitrogens with zero attached hydrogens (tertiary/aromatic N) is 3. The number of methoxy groups -OCH3 is 1. The van der Waals surface area contributed by atoms with Gasteiger partial charge in [-0.05, 0) is 49.7 Å². The number of H-pyrrole nitrogens is 1. The highest BCUT2D eigenvalue weighted by Gasteiger charge is 2.44. The van der Waals surface area contributed by atoms with E-state index in [0.29, 0.717) is 18.9 Å². The maximum absolute atomic E-state index is 13.5. The van der Waals surface area contributed by atoms with E-state index in [0.717, 1.165) is 50.2 Å². The van der Waals surface area contributed by atoms with Crippen molar-refractivity contribution in [2.24, 2.45) is 11.8 Å². The molecule has 5 atom stereocenters. The monoisotopic (exact) mass is 507 g/mol. The SMILES string of the molecule is CC[C@H]1CCN(C[C@@H]2[C@@H](CC)CCN2C(=O)Cc2c[nH]cn2)C1C(=O)NC(CCSC)C(=O)OC. The summed E-state index contributed by atoms with van der Waals surface area (Å²) in [5.74, 6) is 0.982. The molecular weight excluding hydrogens is 466 g/mol. The van der Waals surface area contributed by atoms with Gasteiger partial charge in [-0.25, -0.2) is 9.78 Å². The lowest BCUT2D eigenvalue weighted by atomic mass is 9.94. The smallest absolute Gasteiger partial charge is 0.328 e. The lowest BCUT2D eigenvalue weighted by Gasteiger charge is -2.35. The number of hydrogen-bond donors (Lipinski definition) is 2.